The number of carbonyl (C=O) groups is 1. The molecule has 1 unspecified atom stereocenters. The third-order valence-electron chi connectivity index (χ3n) is 6.61. The standard InChI is InChI=1S/C26H31BN2O7/c1-25(2)26(3,4)36-27(35-25)20-10-9-19(16-18(20)17-30)34-22-12-11-21(28-5)24(29-22)33-15-14-32-23-8-6-7-13-31-23/h9-12,16-17,23H,6-8,13-15H2,1-4H3. The van der Waals surface area contributed by atoms with Gasteiger partial charge in [-0.1, -0.05) is 6.07 Å². The van der Waals surface area contributed by atoms with Crippen LogP contribution in [0.15, 0.2) is 30.3 Å². The molecule has 1 aromatic carbocycles. The average molecular weight is 494 g/mol. The van der Waals surface area contributed by atoms with Crippen molar-refractivity contribution < 1.29 is 33.1 Å². The fraction of sp³-hybridized carbons (Fsp3) is 0.500. The second-order valence-electron chi connectivity index (χ2n) is 9.70. The summed E-state index contributed by atoms with van der Waals surface area (Å²) in [5.74, 6) is 0.790. The Morgan fingerprint density at radius 2 is 1.92 bits per heavy atom. The highest BCUT2D eigenvalue weighted by Crippen LogP contribution is 2.37. The Morgan fingerprint density at radius 3 is 2.58 bits per heavy atom. The highest BCUT2D eigenvalue weighted by atomic mass is 16.7. The second-order valence-corrected chi connectivity index (χ2v) is 9.70. The van der Waals surface area contributed by atoms with Gasteiger partial charge in [0.05, 0.1) is 24.4 Å². The molecule has 2 aliphatic rings. The first kappa shape index (κ1) is 26.1. The van der Waals surface area contributed by atoms with Gasteiger partial charge in [0.1, 0.15) is 18.6 Å². The van der Waals surface area contributed by atoms with Gasteiger partial charge in [-0.15, -0.1) is 0 Å². The summed E-state index contributed by atoms with van der Waals surface area (Å²) in [5.41, 5.74) is 0.236. The molecule has 0 spiro atoms. The number of benzene rings is 1. The number of ether oxygens (including phenoxy) is 4. The lowest BCUT2D eigenvalue weighted by Crippen LogP contribution is -2.41. The highest BCUT2D eigenvalue weighted by molar-refractivity contribution is 6.63. The van der Waals surface area contributed by atoms with Crippen LogP contribution in [0.2, 0.25) is 0 Å². The molecule has 3 heterocycles. The fourth-order valence-corrected chi connectivity index (χ4v) is 3.85. The van der Waals surface area contributed by atoms with E-state index in [9.17, 15) is 4.79 Å². The van der Waals surface area contributed by atoms with Gasteiger partial charge in [-0.2, -0.15) is 4.98 Å². The Morgan fingerprint density at radius 1 is 1.14 bits per heavy atom. The summed E-state index contributed by atoms with van der Waals surface area (Å²) >= 11 is 0. The molecule has 2 saturated heterocycles. The minimum Gasteiger partial charge on any atom is -0.484 e. The maximum absolute atomic E-state index is 11.9. The van der Waals surface area contributed by atoms with Crippen LogP contribution < -0.4 is 14.9 Å². The minimum atomic E-state index is -0.665. The molecule has 1 atom stereocenters. The highest BCUT2D eigenvalue weighted by Gasteiger charge is 2.52. The molecule has 0 bridgehead atoms. The Kier molecular flexibility index (Phi) is 7.96. The van der Waals surface area contributed by atoms with Crippen LogP contribution in [0.4, 0.5) is 5.69 Å². The molecule has 2 fully saturated rings. The molecule has 0 aliphatic carbocycles. The Hall–Kier alpha value is -2.97. The van der Waals surface area contributed by atoms with E-state index in [0.717, 1.165) is 25.5 Å². The van der Waals surface area contributed by atoms with E-state index in [1.54, 1.807) is 30.3 Å². The summed E-state index contributed by atoms with van der Waals surface area (Å²) < 4.78 is 34.9. The quantitative estimate of drug-likeness (QED) is 0.219. The zero-order valence-corrected chi connectivity index (χ0v) is 21.1. The molecule has 190 valence electrons. The summed E-state index contributed by atoms with van der Waals surface area (Å²) in [7, 11) is -0.665. The van der Waals surface area contributed by atoms with Crippen molar-refractivity contribution in [1.29, 1.82) is 0 Å². The molecule has 2 aromatic rings. The maximum atomic E-state index is 11.9. The minimum absolute atomic E-state index is 0.153. The first-order chi connectivity index (χ1) is 17.2. The Labute approximate surface area is 212 Å². The van der Waals surface area contributed by atoms with Gasteiger partial charge in [0.15, 0.2) is 6.29 Å². The maximum Gasteiger partial charge on any atom is 0.495 e. The number of rotatable bonds is 9. The third kappa shape index (κ3) is 5.87. The van der Waals surface area contributed by atoms with Crippen molar-refractivity contribution in [2.24, 2.45) is 0 Å². The number of nitrogens with zero attached hydrogens (tertiary/aromatic N) is 2. The van der Waals surface area contributed by atoms with Gasteiger partial charge < -0.3 is 28.3 Å². The fourth-order valence-electron chi connectivity index (χ4n) is 3.85. The lowest BCUT2D eigenvalue weighted by molar-refractivity contribution is -0.165. The summed E-state index contributed by atoms with van der Waals surface area (Å²) in [5, 5.41) is 0. The van der Waals surface area contributed by atoms with Gasteiger partial charge in [-0.3, -0.25) is 4.79 Å². The number of aromatic nitrogens is 1. The van der Waals surface area contributed by atoms with Crippen molar-refractivity contribution in [2.45, 2.75) is 64.4 Å². The van der Waals surface area contributed by atoms with Crippen LogP contribution in [0, 0.1) is 6.57 Å². The van der Waals surface area contributed by atoms with Crippen LogP contribution in [-0.2, 0) is 18.8 Å². The van der Waals surface area contributed by atoms with E-state index >= 15 is 0 Å². The van der Waals surface area contributed by atoms with Crippen LogP contribution >= 0.6 is 0 Å². The monoisotopic (exact) mass is 494 g/mol. The second kappa shape index (κ2) is 11.0. The molecule has 4 rings (SSSR count). The normalized spacial score (nSPS) is 20.5. The van der Waals surface area contributed by atoms with E-state index in [2.05, 4.69) is 9.83 Å². The lowest BCUT2D eigenvalue weighted by atomic mass is 9.76. The van der Waals surface area contributed by atoms with Gasteiger partial charge in [0.25, 0.3) is 0 Å². The van der Waals surface area contributed by atoms with Crippen LogP contribution in [0.1, 0.15) is 57.3 Å². The van der Waals surface area contributed by atoms with Crippen LogP contribution in [0.3, 0.4) is 0 Å². The van der Waals surface area contributed by atoms with Gasteiger partial charge in [-0.25, -0.2) is 4.85 Å². The Balaban J connectivity index is 1.42. The number of hydrogen-bond acceptors (Lipinski definition) is 8. The molecule has 9 nitrogen and oxygen atoms in total. The van der Waals surface area contributed by atoms with Crippen molar-refractivity contribution in [3.8, 4) is 17.5 Å². The van der Waals surface area contributed by atoms with Crippen molar-refractivity contribution in [1.82, 2.24) is 4.98 Å². The Bertz CT molecular complexity index is 1110. The summed E-state index contributed by atoms with van der Waals surface area (Å²) in [4.78, 5) is 19.6. The van der Waals surface area contributed by atoms with Crippen LogP contribution in [-0.4, -0.2) is 55.7 Å². The van der Waals surface area contributed by atoms with E-state index in [-0.39, 0.29) is 30.3 Å². The molecule has 0 N–H and O–H groups in total. The molecule has 0 amide bonds. The van der Waals surface area contributed by atoms with Crippen molar-refractivity contribution in [2.75, 3.05) is 19.8 Å². The summed E-state index contributed by atoms with van der Waals surface area (Å²) in [6.45, 7) is 16.5. The molecular formula is C26H31BN2O7. The van der Waals surface area contributed by atoms with E-state index in [1.165, 1.54) is 0 Å². The van der Waals surface area contributed by atoms with Crippen molar-refractivity contribution in [3.05, 3.63) is 47.3 Å². The number of hydrogen-bond donors (Lipinski definition) is 0. The van der Waals surface area contributed by atoms with Crippen LogP contribution in [0.25, 0.3) is 4.85 Å². The zero-order chi connectivity index (χ0) is 25.8. The SMILES string of the molecule is [C-]#[N+]c1ccc(Oc2ccc(B3OC(C)(C)C(C)(C)O3)c(C=O)c2)nc1OCCOC1CCCCO1. The molecule has 10 heteroatoms. The molecule has 2 aliphatic heterocycles. The van der Waals surface area contributed by atoms with Gasteiger partial charge in [-0.05, 0) is 76.7 Å². The van der Waals surface area contributed by atoms with Gasteiger partial charge in [0.2, 0.25) is 17.4 Å². The smallest absolute Gasteiger partial charge is 0.484 e. The van der Waals surface area contributed by atoms with E-state index in [0.29, 0.717) is 30.0 Å². The van der Waals surface area contributed by atoms with Crippen molar-refractivity contribution in [3.63, 3.8) is 0 Å². The topological polar surface area (TPSA) is 89.7 Å². The third-order valence-corrected chi connectivity index (χ3v) is 6.61. The molecule has 1 aromatic heterocycles. The number of aldehydes is 1. The van der Waals surface area contributed by atoms with Crippen LogP contribution in [0.5, 0.6) is 17.5 Å². The van der Waals surface area contributed by atoms with Crippen molar-refractivity contribution >= 4 is 24.6 Å². The zero-order valence-electron chi connectivity index (χ0n) is 21.1. The van der Waals surface area contributed by atoms with E-state index in [4.69, 9.17) is 34.8 Å². The summed E-state index contributed by atoms with van der Waals surface area (Å²) in [6, 6.07) is 8.23. The number of carbonyl (C=O) groups excluding carboxylic acids is 1. The molecule has 0 radical (unpaired) electrons. The van der Waals surface area contributed by atoms with E-state index in [1.807, 2.05) is 27.7 Å². The first-order valence-electron chi connectivity index (χ1n) is 12.1. The van der Waals surface area contributed by atoms with E-state index < -0.39 is 18.3 Å². The summed E-state index contributed by atoms with van der Waals surface area (Å²) in [6.07, 6.45) is 3.53. The lowest BCUT2D eigenvalue weighted by Gasteiger charge is -2.32. The molecule has 0 saturated carbocycles. The molecule has 36 heavy (non-hydrogen) atoms. The predicted molar refractivity (Wildman–Crippen MR) is 133 cm³/mol. The predicted octanol–water partition coefficient (Wildman–Crippen LogP) is 4.46. The largest absolute Gasteiger partial charge is 0.495 e. The average Bonchev–Trinajstić information content (AvgIpc) is 3.09. The molecular weight excluding hydrogens is 463 g/mol. The number of pyridine rings is 1. The van der Waals surface area contributed by atoms with Gasteiger partial charge in [0, 0.05) is 12.2 Å². The van der Waals surface area contributed by atoms with Gasteiger partial charge >= 0.3 is 7.12 Å². The first-order valence-corrected chi connectivity index (χ1v) is 12.1.